The van der Waals surface area contributed by atoms with Crippen molar-refractivity contribution in [1.29, 1.82) is 0 Å². The van der Waals surface area contributed by atoms with Crippen LogP contribution in [0.4, 0.5) is 0 Å². The Morgan fingerprint density at radius 1 is 1.00 bits per heavy atom. The first-order chi connectivity index (χ1) is 8.92. The molecule has 96 valence electrons. The zero-order valence-corrected chi connectivity index (χ0v) is 11.0. The van der Waals surface area contributed by atoms with Crippen molar-refractivity contribution in [1.82, 2.24) is 10.0 Å². The van der Waals surface area contributed by atoms with E-state index in [-0.39, 0.29) is 0 Å². The first-order valence-corrected chi connectivity index (χ1v) is 7.47. The van der Waals surface area contributed by atoms with Gasteiger partial charge in [0.2, 0.25) is 0 Å². The molecular formula is C16H22N2. The summed E-state index contributed by atoms with van der Waals surface area (Å²) in [6, 6.07) is 11.8. The van der Waals surface area contributed by atoms with Gasteiger partial charge in [-0.15, -0.1) is 0 Å². The minimum absolute atomic E-state index is 0.891. The van der Waals surface area contributed by atoms with E-state index in [1.807, 2.05) is 0 Å². The van der Waals surface area contributed by atoms with Gasteiger partial charge in [0.15, 0.2) is 0 Å². The monoisotopic (exact) mass is 242 g/mol. The predicted octanol–water partition coefficient (Wildman–Crippen LogP) is 2.91. The third-order valence-corrected chi connectivity index (χ3v) is 5.20. The predicted molar refractivity (Wildman–Crippen MR) is 72.8 cm³/mol. The molecular weight excluding hydrogens is 220 g/mol. The van der Waals surface area contributed by atoms with Gasteiger partial charge in [0.05, 0.1) is 0 Å². The molecule has 18 heavy (non-hydrogen) atoms. The standard InChI is InChI=1S/C16H22N2/c1-2-5-13(6-3-1)11-17-12-15-9-8-14-7-4-10-18(17)16(14)15/h1-3,5-6,14-16H,4,7-12H2/t14-,15-,16-/m1/s1. The van der Waals surface area contributed by atoms with E-state index in [0.717, 1.165) is 24.4 Å². The molecule has 0 spiro atoms. The minimum atomic E-state index is 0.891. The second kappa shape index (κ2) is 4.36. The van der Waals surface area contributed by atoms with Crippen molar-refractivity contribution >= 4 is 0 Å². The van der Waals surface area contributed by atoms with Crippen LogP contribution in [0.3, 0.4) is 0 Å². The van der Waals surface area contributed by atoms with Crippen molar-refractivity contribution in [2.75, 3.05) is 13.1 Å². The van der Waals surface area contributed by atoms with E-state index in [0.29, 0.717) is 0 Å². The molecule has 2 heterocycles. The normalized spacial score (nSPS) is 35.9. The molecule has 2 heteroatoms. The average molecular weight is 242 g/mol. The van der Waals surface area contributed by atoms with Crippen molar-refractivity contribution in [2.45, 2.75) is 38.3 Å². The van der Waals surface area contributed by atoms with Crippen molar-refractivity contribution in [3.05, 3.63) is 35.9 Å². The van der Waals surface area contributed by atoms with Crippen LogP contribution in [0.1, 0.15) is 31.2 Å². The number of hydrogen-bond donors (Lipinski definition) is 0. The molecule has 4 rings (SSSR count). The molecule has 2 nitrogen and oxygen atoms in total. The molecule has 3 fully saturated rings. The van der Waals surface area contributed by atoms with Gasteiger partial charge in [-0.3, -0.25) is 0 Å². The lowest BCUT2D eigenvalue weighted by atomic mass is 9.91. The Balaban J connectivity index is 1.53. The van der Waals surface area contributed by atoms with Crippen LogP contribution in [-0.4, -0.2) is 29.1 Å². The minimum Gasteiger partial charge on any atom is -0.238 e. The number of rotatable bonds is 2. The zero-order valence-electron chi connectivity index (χ0n) is 11.0. The molecule has 1 aromatic rings. The Labute approximate surface area is 110 Å². The Morgan fingerprint density at radius 2 is 1.83 bits per heavy atom. The summed E-state index contributed by atoms with van der Waals surface area (Å²) < 4.78 is 0. The van der Waals surface area contributed by atoms with E-state index < -0.39 is 0 Å². The first-order valence-electron chi connectivity index (χ1n) is 7.47. The third kappa shape index (κ3) is 1.70. The number of hydrazine groups is 1. The summed E-state index contributed by atoms with van der Waals surface area (Å²) in [7, 11) is 0. The second-order valence-electron chi connectivity index (χ2n) is 6.23. The Bertz CT molecular complexity index is 414. The maximum Gasteiger partial charge on any atom is 0.0384 e. The SMILES string of the molecule is c1ccc(CN2C[C@H]3CC[C@H]4CCCN2[C@H]43)cc1. The van der Waals surface area contributed by atoms with E-state index in [1.165, 1.54) is 44.3 Å². The van der Waals surface area contributed by atoms with Gasteiger partial charge in [-0.05, 0) is 43.1 Å². The number of benzene rings is 1. The van der Waals surface area contributed by atoms with Crippen LogP contribution in [0.2, 0.25) is 0 Å². The summed E-state index contributed by atoms with van der Waals surface area (Å²) in [6.07, 6.45) is 5.85. The molecule has 2 saturated heterocycles. The molecule has 0 bridgehead atoms. The van der Waals surface area contributed by atoms with E-state index in [1.54, 1.807) is 0 Å². The quantitative estimate of drug-likeness (QED) is 0.787. The molecule has 3 aliphatic rings. The maximum atomic E-state index is 2.72. The summed E-state index contributed by atoms with van der Waals surface area (Å²) in [4.78, 5) is 0. The highest BCUT2D eigenvalue weighted by atomic mass is 15.7. The van der Waals surface area contributed by atoms with Gasteiger partial charge in [0.25, 0.3) is 0 Å². The van der Waals surface area contributed by atoms with Crippen LogP contribution in [0, 0.1) is 11.8 Å². The highest BCUT2D eigenvalue weighted by Gasteiger charge is 2.49. The molecule has 0 amide bonds. The summed E-state index contributed by atoms with van der Waals surface area (Å²) in [5.41, 5.74) is 1.46. The third-order valence-electron chi connectivity index (χ3n) is 5.20. The van der Waals surface area contributed by atoms with Crippen LogP contribution in [0.25, 0.3) is 0 Å². The van der Waals surface area contributed by atoms with E-state index in [2.05, 4.69) is 40.3 Å². The van der Waals surface area contributed by atoms with Crippen LogP contribution in [-0.2, 0) is 6.54 Å². The average Bonchev–Trinajstić information content (AvgIpc) is 2.97. The molecule has 1 aromatic carbocycles. The van der Waals surface area contributed by atoms with Gasteiger partial charge in [-0.1, -0.05) is 30.3 Å². The molecule has 3 atom stereocenters. The Morgan fingerprint density at radius 3 is 2.72 bits per heavy atom. The van der Waals surface area contributed by atoms with Crippen LogP contribution >= 0.6 is 0 Å². The summed E-state index contributed by atoms with van der Waals surface area (Å²) in [5.74, 6) is 1.96. The molecule has 0 unspecified atom stereocenters. The molecule has 0 aromatic heterocycles. The van der Waals surface area contributed by atoms with Gasteiger partial charge in [-0.25, -0.2) is 10.0 Å². The molecule has 0 radical (unpaired) electrons. The van der Waals surface area contributed by atoms with E-state index in [4.69, 9.17) is 0 Å². The van der Waals surface area contributed by atoms with Crippen molar-refractivity contribution in [3.63, 3.8) is 0 Å². The fourth-order valence-corrected chi connectivity index (χ4v) is 4.48. The van der Waals surface area contributed by atoms with E-state index >= 15 is 0 Å². The summed E-state index contributed by atoms with van der Waals surface area (Å²) >= 11 is 0. The van der Waals surface area contributed by atoms with Gasteiger partial charge in [-0.2, -0.15) is 0 Å². The largest absolute Gasteiger partial charge is 0.238 e. The van der Waals surface area contributed by atoms with Gasteiger partial charge in [0, 0.05) is 25.7 Å². The molecule has 0 N–H and O–H groups in total. The Kier molecular flexibility index (Phi) is 2.66. The van der Waals surface area contributed by atoms with Crippen molar-refractivity contribution in [3.8, 4) is 0 Å². The summed E-state index contributed by atoms with van der Waals surface area (Å²) in [5, 5.41) is 5.36. The van der Waals surface area contributed by atoms with Crippen LogP contribution in [0.15, 0.2) is 30.3 Å². The van der Waals surface area contributed by atoms with E-state index in [9.17, 15) is 0 Å². The lowest BCUT2D eigenvalue weighted by Crippen LogP contribution is -2.46. The number of piperidine rings is 1. The summed E-state index contributed by atoms with van der Waals surface area (Å²) in [6.45, 7) is 3.71. The van der Waals surface area contributed by atoms with Crippen molar-refractivity contribution < 1.29 is 0 Å². The number of hydrogen-bond acceptors (Lipinski definition) is 2. The van der Waals surface area contributed by atoms with Crippen LogP contribution < -0.4 is 0 Å². The highest BCUT2D eigenvalue weighted by molar-refractivity contribution is 5.15. The topological polar surface area (TPSA) is 6.48 Å². The fraction of sp³-hybridized carbons (Fsp3) is 0.625. The lowest BCUT2D eigenvalue weighted by Gasteiger charge is -2.39. The van der Waals surface area contributed by atoms with Crippen LogP contribution in [0.5, 0.6) is 0 Å². The Hall–Kier alpha value is -0.860. The lowest BCUT2D eigenvalue weighted by molar-refractivity contribution is -0.0459. The smallest absolute Gasteiger partial charge is 0.0384 e. The number of nitrogens with zero attached hydrogens (tertiary/aromatic N) is 2. The molecule has 2 aliphatic heterocycles. The highest BCUT2D eigenvalue weighted by Crippen LogP contribution is 2.45. The fourth-order valence-electron chi connectivity index (χ4n) is 4.48. The molecule has 1 saturated carbocycles. The van der Waals surface area contributed by atoms with Gasteiger partial charge in [0.1, 0.15) is 0 Å². The molecule has 1 aliphatic carbocycles. The first kappa shape index (κ1) is 11.0. The van der Waals surface area contributed by atoms with Gasteiger partial charge < -0.3 is 0 Å². The zero-order chi connectivity index (χ0) is 11.9. The maximum absolute atomic E-state index is 2.72. The van der Waals surface area contributed by atoms with Gasteiger partial charge >= 0.3 is 0 Å². The van der Waals surface area contributed by atoms with Crippen molar-refractivity contribution in [2.24, 2.45) is 11.8 Å². The second-order valence-corrected chi connectivity index (χ2v) is 6.23.